The van der Waals surface area contributed by atoms with E-state index in [4.69, 9.17) is 11.6 Å². The summed E-state index contributed by atoms with van der Waals surface area (Å²) in [5.41, 5.74) is 0. The van der Waals surface area contributed by atoms with Crippen LogP contribution in [-0.2, 0) is 0 Å². The molecule has 2 rings (SSSR count). The Hall–Kier alpha value is -0.480. The van der Waals surface area contributed by atoms with Crippen molar-refractivity contribution in [3.05, 3.63) is 17.5 Å². The summed E-state index contributed by atoms with van der Waals surface area (Å²) < 4.78 is 0.289. The molecule has 0 bridgehead atoms. The maximum atomic E-state index is 5.69. The highest BCUT2D eigenvalue weighted by atomic mass is 35.5. The summed E-state index contributed by atoms with van der Waals surface area (Å²) in [6.07, 6.45) is 1.66. The van der Waals surface area contributed by atoms with Crippen LogP contribution >= 0.6 is 23.4 Å². The van der Waals surface area contributed by atoms with E-state index in [1.54, 1.807) is 6.20 Å². The van der Waals surface area contributed by atoms with Crippen LogP contribution in [0.3, 0.4) is 0 Å². The predicted octanol–water partition coefficient (Wildman–Crippen LogP) is 2.44. The van der Waals surface area contributed by atoms with Crippen LogP contribution in [-0.4, -0.2) is 26.5 Å². The lowest BCUT2D eigenvalue weighted by Gasteiger charge is -2.44. The number of nitrogens with zero attached hydrogens (tertiary/aromatic N) is 2. The molecule has 14 heavy (non-hydrogen) atoms. The van der Waals surface area contributed by atoms with Crippen LogP contribution < -0.4 is 5.32 Å². The van der Waals surface area contributed by atoms with Crippen molar-refractivity contribution in [2.75, 3.05) is 11.1 Å². The van der Waals surface area contributed by atoms with Gasteiger partial charge in [0.25, 0.3) is 0 Å². The monoisotopic (exact) mass is 229 g/mol. The molecule has 1 atom stereocenters. The Labute approximate surface area is 92.7 Å². The van der Waals surface area contributed by atoms with Gasteiger partial charge in [0, 0.05) is 16.7 Å². The van der Waals surface area contributed by atoms with E-state index in [9.17, 15) is 0 Å². The molecule has 3 nitrogen and oxygen atoms in total. The average molecular weight is 230 g/mol. The molecule has 1 aliphatic heterocycles. The lowest BCUT2D eigenvalue weighted by Crippen LogP contribution is -2.50. The minimum Gasteiger partial charge on any atom is -0.365 e. The lowest BCUT2D eigenvalue weighted by atomic mass is 10.0. The van der Waals surface area contributed by atoms with Gasteiger partial charge in [-0.1, -0.05) is 0 Å². The fraction of sp³-hybridized carbons (Fsp3) is 0.556. The highest BCUT2D eigenvalue weighted by molar-refractivity contribution is 8.02. The van der Waals surface area contributed by atoms with Gasteiger partial charge in [0.05, 0.1) is 6.04 Å². The fourth-order valence-electron chi connectivity index (χ4n) is 1.31. The molecule has 0 spiro atoms. The Morgan fingerprint density at radius 3 is 2.93 bits per heavy atom. The number of hydrogen-bond donors (Lipinski definition) is 1. The van der Waals surface area contributed by atoms with Crippen molar-refractivity contribution >= 4 is 29.2 Å². The summed E-state index contributed by atoms with van der Waals surface area (Å²) in [5, 5.41) is 3.64. The molecule has 1 saturated heterocycles. The van der Waals surface area contributed by atoms with Crippen molar-refractivity contribution in [2.45, 2.75) is 24.6 Å². The number of thioether (sulfide) groups is 1. The molecule has 1 fully saturated rings. The third-order valence-corrected chi connectivity index (χ3v) is 4.12. The van der Waals surface area contributed by atoms with Crippen molar-refractivity contribution in [3.8, 4) is 0 Å². The van der Waals surface area contributed by atoms with Crippen molar-refractivity contribution in [1.82, 2.24) is 9.97 Å². The Morgan fingerprint density at radius 1 is 1.64 bits per heavy atom. The first-order chi connectivity index (χ1) is 6.58. The number of halogens is 1. The molecule has 1 N–H and O–H groups in total. The fourth-order valence-corrected chi connectivity index (χ4v) is 2.60. The van der Waals surface area contributed by atoms with Crippen LogP contribution in [0.4, 0.5) is 5.82 Å². The molecule has 1 aromatic heterocycles. The van der Waals surface area contributed by atoms with E-state index in [0.29, 0.717) is 11.3 Å². The highest BCUT2D eigenvalue weighted by Gasteiger charge is 2.39. The van der Waals surface area contributed by atoms with Gasteiger partial charge in [-0.2, -0.15) is 11.8 Å². The molecule has 2 heterocycles. The molecule has 1 aliphatic rings. The van der Waals surface area contributed by atoms with Gasteiger partial charge in [-0.05, 0) is 31.5 Å². The first-order valence-corrected chi connectivity index (χ1v) is 5.83. The standard InChI is InChI=1S/C9H12ClN3S/c1-9(2)6(5-14-9)12-7-3-4-11-8(10)13-7/h3-4,6H,5H2,1-2H3,(H,11,12,13). The molecule has 0 aliphatic carbocycles. The molecule has 76 valence electrons. The minimum atomic E-state index is 0.289. The second-order valence-electron chi connectivity index (χ2n) is 3.82. The maximum Gasteiger partial charge on any atom is 0.224 e. The number of hydrogen-bond acceptors (Lipinski definition) is 4. The second-order valence-corrected chi connectivity index (χ2v) is 5.83. The minimum absolute atomic E-state index is 0.289. The van der Waals surface area contributed by atoms with Crippen LogP contribution in [0.15, 0.2) is 12.3 Å². The van der Waals surface area contributed by atoms with Crippen molar-refractivity contribution in [3.63, 3.8) is 0 Å². The van der Waals surface area contributed by atoms with Crippen molar-refractivity contribution in [2.24, 2.45) is 0 Å². The topological polar surface area (TPSA) is 37.8 Å². The van der Waals surface area contributed by atoms with Crippen molar-refractivity contribution in [1.29, 1.82) is 0 Å². The molecule has 1 unspecified atom stereocenters. The van der Waals surface area contributed by atoms with E-state index < -0.39 is 0 Å². The van der Waals surface area contributed by atoms with E-state index in [0.717, 1.165) is 11.6 Å². The molecule has 0 amide bonds. The summed E-state index contributed by atoms with van der Waals surface area (Å²) in [5.74, 6) is 1.93. The van der Waals surface area contributed by atoms with Crippen molar-refractivity contribution < 1.29 is 0 Å². The Bertz CT molecular complexity index is 343. The molecule has 5 heteroatoms. The molecular weight excluding hydrogens is 218 g/mol. The van der Waals surface area contributed by atoms with Gasteiger partial charge in [-0.3, -0.25) is 0 Å². The van der Waals surface area contributed by atoms with Gasteiger partial charge < -0.3 is 5.32 Å². The maximum absolute atomic E-state index is 5.69. The summed E-state index contributed by atoms with van der Waals surface area (Å²) >= 11 is 7.65. The molecule has 0 saturated carbocycles. The summed E-state index contributed by atoms with van der Waals surface area (Å²) in [6.45, 7) is 4.45. The van der Waals surface area contributed by atoms with E-state index >= 15 is 0 Å². The molecule has 1 aromatic rings. The normalized spacial score (nSPS) is 24.1. The van der Waals surface area contributed by atoms with Gasteiger partial charge in [-0.15, -0.1) is 0 Å². The van der Waals surface area contributed by atoms with E-state index in [1.165, 1.54) is 0 Å². The highest BCUT2D eigenvalue weighted by Crippen LogP contribution is 2.41. The van der Waals surface area contributed by atoms with Crippen LogP contribution in [0.25, 0.3) is 0 Å². The first kappa shape index (κ1) is 10.1. The van der Waals surface area contributed by atoms with Gasteiger partial charge in [0.2, 0.25) is 5.28 Å². The molecular formula is C9H12ClN3S. The smallest absolute Gasteiger partial charge is 0.224 e. The Morgan fingerprint density at radius 2 is 2.43 bits per heavy atom. The van der Waals surface area contributed by atoms with Gasteiger partial charge in [0.15, 0.2) is 0 Å². The van der Waals surface area contributed by atoms with Gasteiger partial charge in [-0.25, -0.2) is 9.97 Å². The van der Waals surface area contributed by atoms with E-state index in [2.05, 4.69) is 29.1 Å². The number of anilines is 1. The second kappa shape index (κ2) is 3.59. The SMILES string of the molecule is CC1(C)SCC1Nc1ccnc(Cl)n1. The van der Waals surface area contributed by atoms with Gasteiger partial charge in [0.1, 0.15) is 5.82 Å². The quantitative estimate of drug-likeness (QED) is 0.791. The van der Waals surface area contributed by atoms with Crippen LogP contribution in [0.2, 0.25) is 5.28 Å². The largest absolute Gasteiger partial charge is 0.365 e. The zero-order chi connectivity index (χ0) is 10.2. The summed E-state index contributed by atoms with van der Waals surface area (Å²) in [4.78, 5) is 7.93. The molecule has 0 radical (unpaired) electrons. The number of rotatable bonds is 2. The third kappa shape index (κ3) is 1.96. The van der Waals surface area contributed by atoms with E-state index in [-0.39, 0.29) is 4.75 Å². The summed E-state index contributed by atoms with van der Waals surface area (Å²) in [6, 6.07) is 2.31. The third-order valence-electron chi connectivity index (χ3n) is 2.41. The molecule has 0 aromatic carbocycles. The zero-order valence-electron chi connectivity index (χ0n) is 8.12. The van der Waals surface area contributed by atoms with E-state index in [1.807, 2.05) is 17.8 Å². The lowest BCUT2D eigenvalue weighted by molar-refractivity contribution is 0.574. The van der Waals surface area contributed by atoms with Crippen LogP contribution in [0, 0.1) is 0 Å². The Balaban J connectivity index is 2.05. The zero-order valence-corrected chi connectivity index (χ0v) is 9.69. The van der Waals surface area contributed by atoms with Crippen LogP contribution in [0.5, 0.6) is 0 Å². The summed E-state index contributed by atoms with van der Waals surface area (Å²) in [7, 11) is 0. The Kier molecular flexibility index (Phi) is 2.58. The number of aromatic nitrogens is 2. The van der Waals surface area contributed by atoms with Gasteiger partial charge >= 0.3 is 0 Å². The first-order valence-electron chi connectivity index (χ1n) is 4.47. The van der Waals surface area contributed by atoms with Crippen LogP contribution in [0.1, 0.15) is 13.8 Å². The predicted molar refractivity (Wildman–Crippen MR) is 61.0 cm³/mol. The number of nitrogens with one attached hydrogen (secondary N) is 1. The average Bonchev–Trinajstić information content (AvgIpc) is 2.13.